The van der Waals surface area contributed by atoms with Crippen molar-refractivity contribution in [3.05, 3.63) is 83.9 Å². The Kier molecular flexibility index (Phi) is 5.66. The van der Waals surface area contributed by atoms with Crippen LogP contribution in [-0.2, 0) is 4.79 Å². The van der Waals surface area contributed by atoms with Crippen LogP contribution in [0.3, 0.4) is 0 Å². The summed E-state index contributed by atoms with van der Waals surface area (Å²) in [6.07, 6.45) is 3.22. The number of aliphatic hydroxyl groups is 1. The lowest BCUT2D eigenvalue weighted by molar-refractivity contribution is -0.117. The minimum atomic E-state index is -0.474. The summed E-state index contributed by atoms with van der Waals surface area (Å²) in [5.74, 6) is 0.517. The molecule has 0 aliphatic heterocycles. The maximum atomic E-state index is 12.2. The van der Waals surface area contributed by atoms with E-state index in [4.69, 9.17) is 4.74 Å². The van der Waals surface area contributed by atoms with Crippen LogP contribution in [0, 0.1) is 0 Å². The van der Waals surface area contributed by atoms with Crippen molar-refractivity contribution in [2.45, 2.75) is 6.04 Å². The fourth-order valence-corrected chi connectivity index (χ4v) is 2.78. The number of fused-ring (bicyclic) bond motifs is 1. The van der Waals surface area contributed by atoms with Gasteiger partial charge in [-0.3, -0.25) is 4.79 Å². The third-order valence-corrected chi connectivity index (χ3v) is 4.20. The van der Waals surface area contributed by atoms with E-state index in [1.165, 1.54) is 6.08 Å². The molecule has 4 nitrogen and oxygen atoms in total. The summed E-state index contributed by atoms with van der Waals surface area (Å²) in [5, 5.41) is 14.6. The molecule has 26 heavy (non-hydrogen) atoms. The third-order valence-electron chi connectivity index (χ3n) is 4.20. The van der Waals surface area contributed by atoms with Gasteiger partial charge in [0, 0.05) is 6.08 Å². The first kappa shape index (κ1) is 17.7. The van der Waals surface area contributed by atoms with Gasteiger partial charge in [0.05, 0.1) is 19.8 Å². The average molecular weight is 347 g/mol. The predicted octanol–water partition coefficient (Wildman–Crippen LogP) is 3.71. The van der Waals surface area contributed by atoms with Gasteiger partial charge in [0.2, 0.25) is 5.91 Å². The number of methoxy groups -OCH3 is 1. The summed E-state index contributed by atoms with van der Waals surface area (Å²) < 4.78 is 5.26. The van der Waals surface area contributed by atoms with E-state index in [0.717, 1.165) is 27.6 Å². The zero-order chi connectivity index (χ0) is 18.4. The predicted molar refractivity (Wildman–Crippen MR) is 104 cm³/mol. The monoisotopic (exact) mass is 347 g/mol. The summed E-state index contributed by atoms with van der Waals surface area (Å²) in [4.78, 5) is 12.2. The van der Waals surface area contributed by atoms with Gasteiger partial charge in [-0.2, -0.15) is 0 Å². The summed E-state index contributed by atoms with van der Waals surface area (Å²) in [6, 6.07) is 20.8. The first-order valence-electron chi connectivity index (χ1n) is 8.42. The van der Waals surface area contributed by atoms with Gasteiger partial charge in [0.1, 0.15) is 5.75 Å². The number of nitrogens with one attached hydrogen (secondary N) is 1. The SMILES string of the molecule is COc1ccc2ccc([C@H](CO)NC(=O)/C=C/c3ccccc3)cc2c1. The molecule has 0 saturated carbocycles. The Morgan fingerprint density at radius 2 is 1.85 bits per heavy atom. The number of carbonyl (C=O) groups excluding carboxylic acids is 1. The molecule has 0 bridgehead atoms. The average Bonchev–Trinajstić information content (AvgIpc) is 2.70. The van der Waals surface area contributed by atoms with Crippen LogP contribution in [0.5, 0.6) is 5.75 Å². The van der Waals surface area contributed by atoms with Crippen LogP contribution < -0.4 is 10.1 Å². The van der Waals surface area contributed by atoms with Crippen LogP contribution in [0.1, 0.15) is 17.2 Å². The number of hydrogen-bond acceptors (Lipinski definition) is 3. The lowest BCUT2D eigenvalue weighted by Crippen LogP contribution is -2.29. The van der Waals surface area contributed by atoms with Gasteiger partial charge in [-0.15, -0.1) is 0 Å². The molecule has 2 N–H and O–H groups in total. The highest BCUT2D eigenvalue weighted by atomic mass is 16.5. The van der Waals surface area contributed by atoms with E-state index in [1.54, 1.807) is 13.2 Å². The molecular formula is C22H21NO3. The smallest absolute Gasteiger partial charge is 0.244 e. The molecule has 3 aromatic rings. The van der Waals surface area contributed by atoms with Gasteiger partial charge < -0.3 is 15.2 Å². The molecule has 4 heteroatoms. The van der Waals surface area contributed by atoms with Crippen LogP contribution in [0.15, 0.2) is 72.8 Å². The Balaban J connectivity index is 1.76. The van der Waals surface area contributed by atoms with E-state index < -0.39 is 6.04 Å². The minimum absolute atomic E-state index is 0.180. The molecule has 0 spiro atoms. The highest BCUT2D eigenvalue weighted by Gasteiger charge is 2.13. The molecule has 0 heterocycles. The van der Waals surface area contributed by atoms with Crippen LogP contribution >= 0.6 is 0 Å². The second kappa shape index (κ2) is 8.32. The number of carbonyl (C=O) groups is 1. The Labute approximate surface area is 152 Å². The third kappa shape index (κ3) is 4.29. The summed E-state index contributed by atoms with van der Waals surface area (Å²) in [5.41, 5.74) is 1.79. The molecular weight excluding hydrogens is 326 g/mol. The number of hydrogen-bond donors (Lipinski definition) is 2. The standard InChI is InChI=1S/C22H21NO3/c1-26-20-11-10-17-8-9-18(13-19(17)14-20)21(15-24)23-22(25)12-7-16-5-3-2-4-6-16/h2-14,21,24H,15H2,1H3,(H,23,25)/b12-7+/t21-/m0/s1. The molecule has 3 rings (SSSR count). The second-order valence-corrected chi connectivity index (χ2v) is 5.96. The fourth-order valence-electron chi connectivity index (χ4n) is 2.78. The fraction of sp³-hybridized carbons (Fsp3) is 0.136. The van der Waals surface area contributed by atoms with E-state index in [1.807, 2.05) is 66.7 Å². The Bertz CT molecular complexity index is 919. The molecule has 3 aromatic carbocycles. The van der Waals surface area contributed by atoms with Crippen molar-refractivity contribution in [3.8, 4) is 5.75 Å². The molecule has 0 unspecified atom stereocenters. The van der Waals surface area contributed by atoms with Gasteiger partial charge in [0.25, 0.3) is 0 Å². The largest absolute Gasteiger partial charge is 0.497 e. The van der Waals surface area contributed by atoms with E-state index in [9.17, 15) is 9.90 Å². The van der Waals surface area contributed by atoms with Crippen molar-refractivity contribution in [2.24, 2.45) is 0 Å². The van der Waals surface area contributed by atoms with Gasteiger partial charge in [-0.25, -0.2) is 0 Å². The normalized spacial score (nSPS) is 12.2. The number of aliphatic hydroxyl groups excluding tert-OH is 1. The lowest BCUT2D eigenvalue weighted by Gasteiger charge is -2.16. The number of benzene rings is 3. The van der Waals surface area contributed by atoms with Gasteiger partial charge in [-0.1, -0.05) is 48.5 Å². The number of rotatable bonds is 6. The molecule has 132 valence electrons. The van der Waals surface area contributed by atoms with Crippen LogP contribution in [0.25, 0.3) is 16.8 Å². The zero-order valence-corrected chi connectivity index (χ0v) is 14.6. The maximum absolute atomic E-state index is 12.2. The van der Waals surface area contributed by atoms with Crippen LogP contribution in [-0.4, -0.2) is 24.7 Å². The second-order valence-electron chi connectivity index (χ2n) is 5.96. The van der Waals surface area contributed by atoms with Gasteiger partial charge >= 0.3 is 0 Å². The number of amides is 1. The minimum Gasteiger partial charge on any atom is -0.497 e. The van der Waals surface area contributed by atoms with Gasteiger partial charge in [-0.05, 0) is 46.2 Å². The Hall–Kier alpha value is -3.11. The first-order chi connectivity index (χ1) is 12.7. The lowest BCUT2D eigenvalue weighted by atomic mass is 10.0. The Morgan fingerprint density at radius 1 is 1.08 bits per heavy atom. The van der Waals surface area contributed by atoms with E-state index in [2.05, 4.69) is 5.32 Å². The molecule has 0 aliphatic rings. The van der Waals surface area contributed by atoms with Crippen molar-refractivity contribution < 1.29 is 14.6 Å². The molecule has 1 amide bonds. The molecule has 0 radical (unpaired) electrons. The van der Waals surface area contributed by atoms with Crippen LogP contribution in [0.2, 0.25) is 0 Å². The maximum Gasteiger partial charge on any atom is 0.244 e. The molecule has 0 fully saturated rings. The van der Waals surface area contributed by atoms with Crippen molar-refractivity contribution in [1.82, 2.24) is 5.32 Å². The molecule has 1 atom stereocenters. The van der Waals surface area contributed by atoms with Crippen LogP contribution in [0.4, 0.5) is 0 Å². The molecule has 0 aromatic heterocycles. The van der Waals surface area contributed by atoms with Crippen molar-refractivity contribution >= 4 is 22.8 Å². The summed E-state index contributed by atoms with van der Waals surface area (Å²) in [6.45, 7) is -0.180. The quantitative estimate of drug-likeness (QED) is 0.668. The first-order valence-corrected chi connectivity index (χ1v) is 8.42. The van der Waals surface area contributed by atoms with Crippen molar-refractivity contribution in [2.75, 3.05) is 13.7 Å². The van der Waals surface area contributed by atoms with E-state index in [-0.39, 0.29) is 12.5 Å². The van der Waals surface area contributed by atoms with Crippen molar-refractivity contribution in [3.63, 3.8) is 0 Å². The van der Waals surface area contributed by atoms with Gasteiger partial charge in [0.15, 0.2) is 0 Å². The highest BCUT2D eigenvalue weighted by Crippen LogP contribution is 2.24. The summed E-state index contributed by atoms with van der Waals surface area (Å²) in [7, 11) is 1.63. The summed E-state index contributed by atoms with van der Waals surface area (Å²) >= 11 is 0. The molecule has 0 saturated heterocycles. The zero-order valence-electron chi connectivity index (χ0n) is 14.6. The van der Waals surface area contributed by atoms with Crippen molar-refractivity contribution in [1.29, 1.82) is 0 Å². The number of ether oxygens (including phenoxy) is 1. The topological polar surface area (TPSA) is 58.6 Å². The van der Waals surface area contributed by atoms with E-state index >= 15 is 0 Å². The Morgan fingerprint density at radius 3 is 2.58 bits per heavy atom. The molecule has 0 aliphatic carbocycles. The highest BCUT2D eigenvalue weighted by molar-refractivity contribution is 5.92. The van der Waals surface area contributed by atoms with E-state index in [0.29, 0.717) is 0 Å².